The molecule has 1 aliphatic heterocycles. The monoisotopic (exact) mass is 483 g/mol. The molecule has 2 aliphatic rings. The number of fused-ring (bicyclic) bond motifs is 1. The Kier molecular flexibility index (Phi) is 6.91. The Balaban J connectivity index is 2.18. The fourth-order valence-corrected chi connectivity index (χ4v) is 4.61. The summed E-state index contributed by atoms with van der Waals surface area (Å²) in [4.78, 5) is 27.8. The highest BCUT2D eigenvalue weighted by Gasteiger charge is 2.40. The molecule has 0 radical (unpaired) electrons. The number of ether oxygens (including phenoxy) is 6. The number of amides is 1. The van der Waals surface area contributed by atoms with Gasteiger partial charge in [0.15, 0.2) is 29.2 Å². The van der Waals surface area contributed by atoms with Gasteiger partial charge < -0.3 is 33.3 Å². The van der Waals surface area contributed by atoms with Crippen LogP contribution in [-0.2, 0) is 9.53 Å². The Morgan fingerprint density at radius 3 is 1.89 bits per heavy atom. The molecule has 9 nitrogen and oxygen atoms in total. The van der Waals surface area contributed by atoms with E-state index in [0.717, 1.165) is 12.8 Å². The van der Waals surface area contributed by atoms with Crippen LogP contribution in [0.3, 0.4) is 0 Å². The molecule has 35 heavy (non-hydrogen) atoms. The first kappa shape index (κ1) is 24.4. The topological polar surface area (TPSA) is 92.8 Å². The van der Waals surface area contributed by atoms with Crippen molar-refractivity contribution >= 4 is 17.4 Å². The standard InChI is InChI=1S/C26H29NO8/c1-30-18-9-15(10-19(31-2)24(18)34-5)21-22-16(11-20(32-3)23(33-4)17(22)13-28)25(29)27(26(21)35-6)12-14-7-8-14/h9-11,14,26H,7-8,12H2,1-6H3. The van der Waals surface area contributed by atoms with Gasteiger partial charge in [-0.3, -0.25) is 4.79 Å². The first-order valence-electron chi connectivity index (χ1n) is 11.2. The molecule has 4 rings (SSSR count). The van der Waals surface area contributed by atoms with E-state index in [1.807, 2.05) is 5.94 Å². The van der Waals surface area contributed by atoms with Crippen LogP contribution in [0.1, 0.15) is 28.8 Å². The van der Waals surface area contributed by atoms with Gasteiger partial charge in [-0.25, -0.2) is 4.79 Å². The molecular formula is C26H29NO8. The zero-order valence-electron chi connectivity index (χ0n) is 20.7. The molecule has 1 fully saturated rings. The van der Waals surface area contributed by atoms with Crippen molar-refractivity contribution in [3.8, 4) is 28.7 Å². The summed E-state index contributed by atoms with van der Waals surface area (Å²) in [6.45, 7) is 0.527. The Hall–Kier alpha value is -3.68. The minimum absolute atomic E-state index is 0.0760. The van der Waals surface area contributed by atoms with E-state index in [0.29, 0.717) is 51.6 Å². The van der Waals surface area contributed by atoms with Gasteiger partial charge in [0, 0.05) is 24.4 Å². The van der Waals surface area contributed by atoms with E-state index < -0.39 is 6.23 Å². The van der Waals surface area contributed by atoms with Crippen LogP contribution >= 0.6 is 0 Å². The van der Waals surface area contributed by atoms with Crippen molar-refractivity contribution in [2.45, 2.75) is 19.1 Å². The average molecular weight is 484 g/mol. The largest absolute Gasteiger partial charge is 0.493 e. The first-order chi connectivity index (χ1) is 17.0. The van der Waals surface area contributed by atoms with Gasteiger partial charge in [0.2, 0.25) is 5.75 Å². The van der Waals surface area contributed by atoms with Gasteiger partial charge in [0.25, 0.3) is 5.91 Å². The normalized spacial score (nSPS) is 17.0. The molecule has 1 atom stereocenters. The highest BCUT2D eigenvalue weighted by molar-refractivity contribution is 6.00. The first-order valence-corrected chi connectivity index (χ1v) is 11.2. The SMILES string of the molecule is COc1cc(C2=c3c(cc(OC)c(OC)c3=C=O)C(=O)N(CC3CC3)C2OC)cc(OC)c1OC. The molecule has 186 valence electrons. The third kappa shape index (κ3) is 4.07. The maximum absolute atomic E-state index is 13.7. The fraction of sp³-hybridized carbons (Fsp3) is 0.423. The van der Waals surface area contributed by atoms with Gasteiger partial charge in [0.05, 0.1) is 41.1 Å². The lowest BCUT2D eigenvalue weighted by Gasteiger charge is -2.37. The second-order valence-electron chi connectivity index (χ2n) is 8.33. The van der Waals surface area contributed by atoms with E-state index in [2.05, 4.69) is 0 Å². The van der Waals surface area contributed by atoms with Crippen molar-refractivity contribution in [1.82, 2.24) is 4.90 Å². The molecule has 2 aromatic carbocycles. The summed E-state index contributed by atoms with van der Waals surface area (Å²) < 4.78 is 33.5. The minimum atomic E-state index is -0.774. The van der Waals surface area contributed by atoms with E-state index in [1.54, 1.807) is 23.1 Å². The summed E-state index contributed by atoms with van der Waals surface area (Å²) >= 11 is 0. The molecule has 1 aliphatic carbocycles. The number of rotatable bonds is 9. The Bertz CT molecular complexity index is 1270. The van der Waals surface area contributed by atoms with E-state index in [1.165, 1.54) is 42.7 Å². The van der Waals surface area contributed by atoms with Crippen LogP contribution in [0.25, 0.3) is 5.57 Å². The number of carbonyl (C=O) groups is 1. The lowest BCUT2D eigenvalue weighted by molar-refractivity contribution is 0.00688. The van der Waals surface area contributed by atoms with Crippen LogP contribution in [0.15, 0.2) is 18.2 Å². The van der Waals surface area contributed by atoms with Crippen molar-refractivity contribution in [2.24, 2.45) is 5.92 Å². The van der Waals surface area contributed by atoms with Gasteiger partial charge in [-0.15, -0.1) is 0 Å². The van der Waals surface area contributed by atoms with Crippen LogP contribution in [0.5, 0.6) is 28.7 Å². The lowest BCUT2D eigenvalue weighted by Crippen LogP contribution is -2.54. The van der Waals surface area contributed by atoms with Gasteiger partial charge in [-0.05, 0) is 42.5 Å². The maximum Gasteiger partial charge on any atom is 0.256 e. The number of hydrogen-bond acceptors (Lipinski definition) is 8. The van der Waals surface area contributed by atoms with Gasteiger partial charge in [-0.1, -0.05) is 0 Å². The average Bonchev–Trinajstić information content (AvgIpc) is 3.71. The number of benzene rings is 2. The van der Waals surface area contributed by atoms with Gasteiger partial charge >= 0.3 is 0 Å². The van der Waals surface area contributed by atoms with E-state index in [4.69, 9.17) is 28.4 Å². The highest BCUT2D eigenvalue weighted by Crippen LogP contribution is 2.42. The van der Waals surface area contributed by atoms with Crippen molar-refractivity contribution < 1.29 is 38.0 Å². The van der Waals surface area contributed by atoms with Gasteiger partial charge in [-0.2, -0.15) is 0 Å². The van der Waals surface area contributed by atoms with E-state index in [9.17, 15) is 9.59 Å². The summed E-state index contributed by atoms with van der Waals surface area (Å²) in [5.74, 6) is 3.84. The summed E-state index contributed by atoms with van der Waals surface area (Å²) in [6.07, 6.45) is 1.32. The summed E-state index contributed by atoms with van der Waals surface area (Å²) in [7, 11) is 8.99. The third-order valence-corrected chi connectivity index (χ3v) is 6.41. The fourth-order valence-electron chi connectivity index (χ4n) is 4.61. The molecule has 1 unspecified atom stereocenters. The molecule has 0 N–H and O–H groups in total. The molecule has 2 aromatic rings. The van der Waals surface area contributed by atoms with Crippen molar-refractivity contribution in [3.63, 3.8) is 0 Å². The molecule has 0 saturated heterocycles. The Labute approximate surface area is 203 Å². The second kappa shape index (κ2) is 9.90. The molecule has 0 spiro atoms. The van der Waals surface area contributed by atoms with E-state index in [-0.39, 0.29) is 22.6 Å². The smallest absolute Gasteiger partial charge is 0.256 e. The molecule has 9 heteroatoms. The predicted molar refractivity (Wildman–Crippen MR) is 127 cm³/mol. The predicted octanol–water partition coefficient (Wildman–Crippen LogP) is 1.27. The van der Waals surface area contributed by atoms with Crippen molar-refractivity contribution in [1.29, 1.82) is 0 Å². The molecule has 1 heterocycles. The van der Waals surface area contributed by atoms with Crippen LogP contribution in [0.2, 0.25) is 0 Å². The number of carbonyl (C=O) groups excluding carboxylic acids is 2. The molecule has 1 amide bonds. The Morgan fingerprint density at radius 1 is 0.857 bits per heavy atom. The maximum atomic E-state index is 13.7. The molecule has 0 aromatic heterocycles. The van der Waals surface area contributed by atoms with Gasteiger partial charge in [0.1, 0.15) is 11.2 Å². The third-order valence-electron chi connectivity index (χ3n) is 6.41. The molecule has 1 saturated carbocycles. The summed E-state index contributed by atoms with van der Waals surface area (Å²) in [5.41, 5.74) is 1.52. The van der Waals surface area contributed by atoms with Crippen LogP contribution < -0.4 is 34.1 Å². The van der Waals surface area contributed by atoms with E-state index >= 15 is 0 Å². The van der Waals surface area contributed by atoms with Crippen molar-refractivity contribution in [3.05, 3.63) is 39.8 Å². The molecule has 0 bridgehead atoms. The van der Waals surface area contributed by atoms with Crippen LogP contribution in [-0.4, -0.2) is 72.2 Å². The van der Waals surface area contributed by atoms with Crippen molar-refractivity contribution in [2.75, 3.05) is 49.2 Å². The highest BCUT2D eigenvalue weighted by atomic mass is 16.5. The van der Waals surface area contributed by atoms with Crippen LogP contribution in [0.4, 0.5) is 0 Å². The Morgan fingerprint density at radius 2 is 1.43 bits per heavy atom. The minimum Gasteiger partial charge on any atom is -0.493 e. The van der Waals surface area contributed by atoms with Crippen LogP contribution in [0, 0.1) is 5.92 Å². The summed E-state index contributed by atoms with van der Waals surface area (Å²) in [6, 6.07) is 5.13. The summed E-state index contributed by atoms with van der Waals surface area (Å²) in [5, 5.41) is 0.447. The number of hydrogen-bond donors (Lipinski definition) is 0. The number of methoxy groups -OCH3 is 6. The molecular weight excluding hydrogens is 454 g/mol. The lowest BCUT2D eigenvalue weighted by atomic mass is 9.91. The zero-order valence-corrected chi connectivity index (χ0v) is 20.7. The second-order valence-corrected chi connectivity index (χ2v) is 8.33. The zero-order chi connectivity index (χ0) is 25.3. The quantitative estimate of drug-likeness (QED) is 0.527. The number of nitrogens with zero attached hydrogens (tertiary/aromatic N) is 1.